The van der Waals surface area contributed by atoms with E-state index >= 15 is 0 Å². The van der Waals surface area contributed by atoms with E-state index in [1.807, 2.05) is 61.5 Å². The summed E-state index contributed by atoms with van der Waals surface area (Å²) in [6, 6.07) is 24.2. The van der Waals surface area contributed by atoms with Gasteiger partial charge in [0.25, 0.3) is 5.56 Å². The van der Waals surface area contributed by atoms with Crippen molar-refractivity contribution in [1.29, 1.82) is 0 Å². The molecule has 0 aliphatic rings. The summed E-state index contributed by atoms with van der Waals surface area (Å²) in [7, 11) is 0. The van der Waals surface area contributed by atoms with E-state index in [0.717, 1.165) is 17.5 Å². The second kappa shape index (κ2) is 9.47. The second-order valence-electron chi connectivity index (χ2n) is 7.68. The van der Waals surface area contributed by atoms with Crippen LogP contribution in [0.4, 0.5) is 5.69 Å². The third kappa shape index (κ3) is 4.54. The SMILES string of the molecule is CCc1cccc(NC(=O)Cn2c(=O)n(CCc3ccccc3)c(=O)c3ccccc32)c1. The fourth-order valence-electron chi connectivity index (χ4n) is 3.82. The van der Waals surface area contributed by atoms with Crippen molar-refractivity contribution in [3.8, 4) is 0 Å². The molecule has 0 atom stereocenters. The molecule has 0 spiro atoms. The van der Waals surface area contributed by atoms with Crippen LogP contribution in [0.2, 0.25) is 0 Å². The van der Waals surface area contributed by atoms with Gasteiger partial charge in [0.2, 0.25) is 5.91 Å². The minimum Gasteiger partial charge on any atom is -0.325 e. The van der Waals surface area contributed by atoms with E-state index in [-0.39, 0.29) is 24.6 Å². The van der Waals surface area contributed by atoms with E-state index in [1.165, 1.54) is 9.13 Å². The highest BCUT2D eigenvalue weighted by Gasteiger charge is 2.15. The number of nitrogens with one attached hydrogen (secondary N) is 1. The Morgan fingerprint density at radius 1 is 0.844 bits per heavy atom. The Morgan fingerprint density at radius 2 is 1.56 bits per heavy atom. The molecule has 0 bridgehead atoms. The fourth-order valence-corrected chi connectivity index (χ4v) is 3.82. The second-order valence-corrected chi connectivity index (χ2v) is 7.68. The van der Waals surface area contributed by atoms with Crippen LogP contribution in [0.1, 0.15) is 18.1 Å². The lowest BCUT2D eigenvalue weighted by Crippen LogP contribution is -2.42. The van der Waals surface area contributed by atoms with Gasteiger partial charge in [-0.3, -0.25) is 18.7 Å². The van der Waals surface area contributed by atoms with Crippen molar-refractivity contribution in [1.82, 2.24) is 9.13 Å². The zero-order valence-corrected chi connectivity index (χ0v) is 18.0. The molecule has 3 aromatic carbocycles. The summed E-state index contributed by atoms with van der Waals surface area (Å²) in [5, 5.41) is 3.28. The van der Waals surface area contributed by atoms with Gasteiger partial charge in [0, 0.05) is 12.2 Å². The molecule has 0 aliphatic heterocycles. The largest absolute Gasteiger partial charge is 0.331 e. The van der Waals surface area contributed by atoms with Crippen LogP contribution in [0.15, 0.2) is 88.5 Å². The van der Waals surface area contributed by atoms with Crippen molar-refractivity contribution >= 4 is 22.5 Å². The van der Waals surface area contributed by atoms with Crippen LogP contribution in [0.25, 0.3) is 10.9 Å². The first kappa shape index (κ1) is 21.3. The quantitative estimate of drug-likeness (QED) is 0.490. The number of benzene rings is 3. The highest BCUT2D eigenvalue weighted by atomic mass is 16.2. The summed E-state index contributed by atoms with van der Waals surface area (Å²) in [6.07, 6.45) is 1.41. The number of rotatable bonds is 7. The normalized spacial score (nSPS) is 10.9. The molecule has 1 heterocycles. The average Bonchev–Trinajstić information content (AvgIpc) is 2.82. The van der Waals surface area contributed by atoms with Gasteiger partial charge >= 0.3 is 5.69 Å². The monoisotopic (exact) mass is 427 g/mol. The van der Waals surface area contributed by atoms with Crippen molar-refractivity contribution in [2.75, 3.05) is 5.32 Å². The molecular formula is C26H25N3O3. The Hall–Kier alpha value is -3.93. The van der Waals surface area contributed by atoms with Gasteiger partial charge in [0.15, 0.2) is 0 Å². The predicted molar refractivity (Wildman–Crippen MR) is 127 cm³/mol. The number of anilines is 1. The van der Waals surface area contributed by atoms with E-state index < -0.39 is 5.69 Å². The van der Waals surface area contributed by atoms with Crippen LogP contribution in [0, 0.1) is 0 Å². The maximum atomic E-state index is 13.3. The van der Waals surface area contributed by atoms with E-state index in [2.05, 4.69) is 5.32 Å². The molecule has 1 amide bonds. The summed E-state index contributed by atoms with van der Waals surface area (Å²) < 4.78 is 2.60. The number of fused-ring (bicyclic) bond motifs is 1. The summed E-state index contributed by atoms with van der Waals surface area (Å²) in [4.78, 5) is 39.1. The Kier molecular flexibility index (Phi) is 6.31. The summed E-state index contributed by atoms with van der Waals surface area (Å²) in [5.41, 5.74) is 2.46. The lowest BCUT2D eigenvalue weighted by Gasteiger charge is -2.14. The minimum atomic E-state index is -0.484. The van der Waals surface area contributed by atoms with Gasteiger partial charge < -0.3 is 5.32 Å². The van der Waals surface area contributed by atoms with Gasteiger partial charge in [-0.05, 0) is 48.2 Å². The van der Waals surface area contributed by atoms with Crippen molar-refractivity contribution in [2.24, 2.45) is 0 Å². The zero-order valence-electron chi connectivity index (χ0n) is 18.0. The van der Waals surface area contributed by atoms with E-state index in [0.29, 0.717) is 23.0 Å². The van der Waals surface area contributed by atoms with Crippen LogP contribution in [-0.4, -0.2) is 15.0 Å². The van der Waals surface area contributed by atoms with Gasteiger partial charge in [-0.25, -0.2) is 4.79 Å². The van der Waals surface area contributed by atoms with Crippen molar-refractivity contribution in [3.05, 3.63) is 111 Å². The number of nitrogens with zero attached hydrogens (tertiary/aromatic N) is 2. The van der Waals surface area contributed by atoms with E-state index in [9.17, 15) is 14.4 Å². The van der Waals surface area contributed by atoms with Crippen LogP contribution >= 0.6 is 0 Å². The number of carbonyl (C=O) groups excluding carboxylic acids is 1. The topological polar surface area (TPSA) is 73.1 Å². The first-order chi connectivity index (χ1) is 15.6. The van der Waals surface area contributed by atoms with E-state index in [4.69, 9.17) is 0 Å². The minimum absolute atomic E-state index is 0.179. The number of aromatic nitrogens is 2. The van der Waals surface area contributed by atoms with Crippen LogP contribution in [0.5, 0.6) is 0 Å². The number of para-hydroxylation sites is 1. The van der Waals surface area contributed by atoms with Gasteiger partial charge in [-0.15, -0.1) is 0 Å². The van der Waals surface area contributed by atoms with Crippen LogP contribution in [0.3, 0.4) is 0 Å². The van der Waals surface area contributed by atoms with Crippen molar-refractivity contribution in [2.45, 2.75) is 32.9 Å². The molecule has 6 heteroatoms. The van der Waals surface area contributed by atoms with Crippen LogP contribution < -0.4 is 16.6 Å². The smallest absolute Gasteiger partial charge is 0.325 e. The first-order valence-corrected chi connectivity index (χ1v) is 10.7. The molecule has 1 N–H and O–H groups in total. The van der Waals surface area contributed by atoms with Gasteiger partial charge in [-0.2, -0.15) is 0 Å². The summed E-state index contributed by atoms with van der Waals surface area (Å²) in [6.45, 7) is 2.11. The lowest BCUT2D eigenvalue weighted by molar-refractivity contribution is -0.116. The summed E-state index contributed by atoms with van der Waals surface area (Å²) in [5.74, 6) is -0.321. The third-order valence-corrected chi connectivity index (χ3v) is 5.52. The molecular weight excluding hydrogens is 402 g/mol. The van der Waals surface area contributed by atoms with E-state index in [1.54, 1.807) is 24.3 Å². The molecule has 0 saturated carbocycles. The average molecular weight is 428 g/mol. The number of carbonyl (C=O) groups is 1. The molecule has 4 aromatic rings. The lowest BCUT2D eigenvalue weighted by atomic mass is 10.1. The molecule has 1 aromatic heterocycles. The number of hydrogen-bond acceptors (Lipinski definition) is 3. The van der Waals surface area contributed by atoms with Gasteiger partial charge in [0.05, 0.1) is 10.9 Å². The number of aryl methyl sites for hydroxylation is 2. The molecule has 0 radical (unpaired) electrons. The standard InChI is InChI=1S/C26H25N3O3/c1-2-19-11-8-12-21(17-19)27-24(30)18-29-23-14-7-6-13-22(23)25(31)28(26(29)32)16-15-20-9-4-3-5-10-20/h3-14,17H,2,15-16,18H2,1H3,(H,27,30). The molecule has 0 aliphatic carbocycles. The van der Waals surface area contributed by atoms with Crippen molar-refractivity contribution in [3.63, 3.8) is 0 Å². The molecule has 4 rings (SSSR count). The number of hydrogen-bond donors (Lipinski definition) is 1. The van der Waals surface area contributed by atoms with Gasteiger partial charge in [-0.1, -0.05) is 61.5 Å². The third-order valence-electron chi connectivity index (χ3n) is 5.52. The molecule has 162 valence electrons. The molecule has 6 nitrogen and oxygen atoms in total. The Bertz CT molecular complexity index is 1370. The first-order valence-electron chi connectivity index (χ1n) is 10.7. The molecule has 0 fully saturated rings. The molecule has 0 saturated heterocycles. The Balaban J connectivity index is 1.67. The highest BCUT2D eigenvalue weighted by Crippen LogP contribution is 2.12. The van der Waals surface area contributed by atoms with Gasteiger partial charge in [0.1, 0.15) is 6.54 Å². The highest BCUT2D eigenvalue weighted by molar-refractivity contribution is 5.91. The van der Waals surface area contributed by atoms with Crippen LogP contribution in [-0.2, 0) is 30.7 Å². The molecule has 32 heavy (non-hydrogen) atoms. The number of amides is 1. The molecule has 0 unspecified atom stereocenters. The zero-order chi connectivity index (χ0) is 22.5. The Morgan fingerprint density at radius 3 is 2.34 bits per heavy atom. The fraction of sp³-hybridized carbons (Fsp3) is 0.192. The maximum Gasteiger partial charge on any atom is 0.331 e. The predicted octanol–water partition coefficient (Wildman–Crippen LogP) is 3.61. The Labute approximate surface area is 185 Å². The van der Waals surface area contributed by atoms with Crippen molar-refractivity contribution < 1.29 is 4.79 Å². The maximum absolute atomic E-state index is 13.3. The summed E-state index contributed by atoms with van der Waals surface area (Å²) >= 11 is 0.